The highest BCUT2D eigenvalue weighted by Crippen LogP contribution is 2.70. The molecule has 2 atom stereocenters. The fraction of sp³-hybridized carbons (Fsp3) is 0.241. The van der Waals surface area contributed by atoms with E-state index in [1.54, 1.807) is 60.7 Å². The van der Waals surface area contributed by atoms with Gasteiger partial charge in [0.05, 0.1) is 21.8 Å². The van der Waals surface area contributed by atoms with Crippen LogP contribution in [0.25, 0.3) is 0 Å². The summed E-state index contributed by atoms with van der Waals surface area (Å²) in [6.07, 6.45) is 5.58. The molecule has 0 saturated carbocycles. The first-order chi connectivity index (χ1) is 19.0. The predicted molar refractivity (Wildman–Crippen MR) is 169 cm³/mol. The Hall–Kier alpha value is -2.16. The molecule has 0 radical (unpaired) electrons. The van der Waals surface area contributed by atoms with Crippen LogP contribution < -0.4 is 0 Å². The Labute approximate surface area is 244 Å². The SMILES string of the molecule is C=C/C=C/C.CC.COS(O)(OS(O)(c1ccccc1)C(C)C)c1ccccc1.OS(O)(OF)c1ccccc1. The predicted octanol–water partition coefficient (Wildman–Crippen LogP) is 10.9. The van der Waals surface area contributed by atoms with Crippen LogP contribution in [0, 0.1) is 0 Å². The third-order valence-corrected chi connectivity index (χ3v) is 10.8. The Kier molecular flexibility index (Phi) is 18.8. The summed E-state index contributed by atoms with van der Waals surface area (Å²) in [6.45, 7) is 13.2. The first-order valence-corrected chi connectivity index (χ1v) is 16.8. The van der Waals surface area contributed by atoms with E-state index in [1.165, 1.54) is 19.2 Å². The number of rotatable bonds is 9. The van der Waals surface area contributed by atoms with E-state index in [-0.39, 0.29) is 10.1 Å². The zero-order chi connectivity index (χ0) is 30.7. The van der Waals surface area contributed by atoms with Crippen molar-refractivity contribution in [3.63, 3.8) is 0 Å². The van der Waals surface area contributed by atoms with E-state index in [0.717, 1.165) is 0 Å². The molecule has 226 valence electrons. The maximum atomic E-state index is 11.5. The van der Waals surface area contributed by atoms with Crippen molar-refractivity contribution in [3.8, 4) is 0 Å². The molecule has 0 amide bonds. The fourth-order valence-corrected chi connectivity index (χ4v) is 7.65. The molecule has 2 unspecified atom stereocenters. The van der Waals surface area contributed by atoms with Crippen LogP contribution >= 0.6 is 32.3 Å². The third kappa shape index (κ3) is 12.1. The van der Waals surface area contributed by atoms with Gasteiger partial charge in [0.15, 0.2) is 10.9 Å². The maximum absolute atomic E-state index is 11.5. The van der Waals surface area contributed by atoms with Crippen LogP contribution in [0.15, 0.2) is 130 Å². The van der Waals surface area contributed by atoms with Crippen LogP contribution in [0.2, 0.25) is 0 Å². The van der Waals surface area contributed by atoms with Gasteiger partial charge in [-0.3, -0.25) is 8.74 Å². The molecule has 0 heterocycles. The topological polar surface area (TPSA) is 109 Å². The standard InChI is InChI=1S/C16H22O4S2.C6H7FO3S.C5H8.C2H6/c1-14(2)21(17,15-10-6-4-7-11-15)20-22(18,19-3)16-12-8-5-9-13-16;7-10-11(8,9)6-4-2-1-3-5-6;1-3-5-4-2;1-2/h4-14,17-18H,1-3H3;1-5,8-9H;3-5H,1H2,2H3;1-2H3/b;;5-4+;. The number of benzene rings is 3. The van der Waals surface area contributed by atoms with Gasteiger partial charge in [-0.2, -0.15) is 3.63 Å². The summed E-state index contributed by atoms with van der Waals surface area (Å²) in [7, 11) is -7.99. The molecule has 0 aromatic heterocycles. The highest BCUT2D eigenvalue weighted by atomic mass is 32.4. The monoisotopic (exact) mass is 618 g/mol. The maximum Gasteiger partial charge on any atom is 0.151 e. The van der Waals surface area contributed by atoms with Crippen LogP contribution in [0.3, 0.4) is 0 Å². The Balaban J connectivity index is 0.000000701. The second kappa shape index (κ2) is 19.8. The largest absolute Gasteiger partial charge is 0.303 e. The lowest BCUT2D eigenvalue weighted by Gasteiger charge is -2.47. The van der Waals surface area contributed by atoms with Gasteiger partial charge in [0.1, 0.15) is 10.9 Å². The molecule has 3 aromatic rings. The molecule has 0 fully saturated rings. The molecule has 3 rings (SSSR count). The van der Waals surface area contributed by atoms with Gasteiger partial charge >= 0.3 is 0 Å². The number of hydrogen-bond acceptors (Lipinski definition) is 7. The Morgan fingerprint density at radius 3 is 1.45 bits per heavy atom. The van der Waals surface area contributed by atoms with E-state index in [9.17, 15) is 13.6 Å². The molecule has 0 spiro atoms. The van der Waals surface area contributed by atoms with E-state index >= 15 is 0 Å². The highest BCUT2D eigenvalue weighted by Gasteiger charge is 2.36. The van der Waals surface area contributed by atoms with Crippen molar-refractivity contribution in [1.29, 1.82) is 0 Å². The summed E-state index contributed by atoms with van der Waals surface area (Å²) in [5, 5.41) is -0.201. The van der Waals surface area contributed by atoms with Crippen molar-refractivity contribution in [2.75, 3.05) is 7.11 Å². The van der Waals surface area contributed by atoms with E-state index in [2.05, 4.69) is 11.0 Å². The molecule has 0 bridgehead atoms. The summed E-state index contributed by atoms with van der Waals surface area (Å²) in [4.78, 5) is 1.20. The zero-order valence-electron chi connectivity index (χ0n) is 23.8. The smallest absolute Gasteiger partial charge is 0.151 e. The van der Waals surface area contributed by atoms with Crippen LogP contribution in [-0.4, -0.2) is 30.6 Å². The van der Waals surface area contributed by atoms with Crippen molar-refractivity contribution in [3.05, 3.63) is 116 Å². The van der Waals surface area contributed by atoms with E-state index in [1.807, 2.05) is 71.0 Å². The van der Waals surface area contributed by atoms with Crippen LogP contribution in [0.1, 0.15) is 34.6 Å². The van der Waals surface area contributed by atoms with Crippen LogP contribution in [0.4, 0.5) is 4.53 Å². The number of allylic oxidation sites excluding steroid dienone is 3. The van der Waals surface area contributed by atoms with Gasteiger partial charge in [-0.15, -0.1) is 10.6 Å². The van der Waals surface area contributed by atoms with Crippen LogP contribution in [0.5, 0.6) is 0 Å². The highest BCUT2D eigenvalue weighted by molar-refractivity contribution is 8.35. The minimum absolute atomic E-state index is 0.0301. The van der Waals surface area contributed by atoms with Gasteiger partial charge in [0.2, 0.25) is 0 Å². The molecule has 0 aliphatic carbocycles. The van der Waals surface area contributed by atoms with E-state index < -0.39 is 32.3 Å². The Bertz CT molecular complexity index is 1090. The molecule has 4 N–H and O–H groups in total. The molecular formula is C29H43FO7S3. The second-order valence-electron chi connectivity index (χ2n) is 7.59. The van der Waals surface area contributed by atoms with Crippen molar-refractivity contribution in [1.82, 2.24) is 0 Å². The summed E-state index contributed by atoms with van der Waals surface area (Å²) < 4.78 is 65.3. The first kappa shape index (κ1) is 37.8. The molecular weight excluding hydrogens is 576 g/mol. The Morgan fingerprint density at radius 2 is 1.15 bits per heavy atom. The van der Waals surface area contributed by atoms with Crippen LogP contribution in [-0.2, 0) is 12.2 Å². The lowest BCUT2D eigenvalue weighted by molar-refractivity contribution is -0.0145. The van der Waals surface area contributed by atoms with Crippen molar-refractivity contribution < 1.29 is 34.9 Å². The first-order valence-electron chi connectivity index (χ1n) is 12.3. The molecule has 3 aromatic carbocycles. The second-order valence-corrected chi connectivity index (χ2v) is 14.0. The molecule has 11 heteroatoms. The zero-order valence-corrected chi connectivity index (χ0v) is 26.2. The average Bonchev–Trinajstić information content (AvgIpc) is 3.00. The van der Waals surface area contributed by atoms with Crippen molar-refractivity contribution >= 4 is 32.3 Å². The summed E-state index contributed by atoms with van der Waals surface area (Å²) in [6, 6.07) is 25.6. The molecule has 0 aliphatic heterocycles. The molecule has 0 saturated heterocycles. The van der Waals surface area contributed by atoms with Crippen molar-refractivity contribution in [2.45, 2.75) is 54.6 Å². The summed E-state index contributed by atoms with van der Waals surface area (Å²) in [5.74, 6) is 0. The van der Waals surface area contributed by atoms with E-state index in [4.69, 9.17) is 16.9 Å². The molecule has 7 nitrogen and oxygen atoms in total. The van der Waals surface area contributed by atoms with Gasteiger partial charge in [-0.05, 0) is 61.7 Å². The molecule has 0 aliphatic rings. The van der Waals surface area contributed by atoms with E-state index in [0.29, 0.717) is 9.79 Å². The van der Waals surface area contributed by atoms with Gasteiger partial charge in [0.25, 0.3) is 0 Å². The van der Waals surface area contributed by atoms with Gasteiger partial charge < -0.3 is 13.7 Å². The lowest BCUT2D eigenvalue weighted by Crippen LogP contribution is -2.18. The molecule has 40 heavy (non-hydrogen) atoms. The summed E-state index contributed by atoms with van der Waals surface area (Å²) in [5.41, 5.74) is 0. The fourth-order valence-electron chi connectivity index (χ4n) is 2.67. The van der Waals surface area contributed by atoms with Gasteiger partial charge in [-0.1, -0.05) is 97.6 Å². The average molecular weight is 619 g/mol. The minimum atomic E-state index is -3.66. The number of hydrogen-bond donors (Lipinski definition) is 4. The van der Waals surface area contributed by atoms with Gasteiger partial charge in [0, 0.05) is 5.25 Å². The minimum Gasteiger partial charge on any atom is -0.303 e. The number of halogens is 1. The Morgan fingerprint density at radius 1 is 0.750 bits per heavy atom. The van der Waals surface area contributed by atoms with Gasteiger partial charge in [-0.25, -0.2) is 0 Å². The third-order valence-electron chi connectivity index (χ3n) is 4.65. The van der Waals surface area contributed by atoms with Crippen molar-refractivity contribution in [2.24, 2.45) is 0 Å². The quantitative estimate of drug-likeness (QED) is 0.177. The normalized spacial score (nSPS) is 15.8. The summed E-state index contributed by atoms with van der Waals surface area (Å²) >= 11 is 0. The lowest BCUT2D eigenvalue weighted by atomic mass is 10.4.